The highest BCUT2D eigenvalue weighted by Crippen LogP contribution is 2.26. The van der Waals surface area contributed by atoms with Gasteiger partial charge in [0.05, 0.1) is 16.8 Å². The minimum Gasteiger partial charge on any atom is -0.353 e. The Kier molecular flexibility index (Phi) is 4.51. The number of hydrogen-bond acceptors (Lipinski definition) is 5. The van der Waals surface area contributed by atoms with Crippen LogP contribution in [-0.2, 0) is 13.6 Å². The van der Waals surface area contributed by atoms with Crippen LogP contribution in [0.1, 0.15) is 18.1 Å². The van der Waals surface area contributed by atoms with E-state index in [1.54, 1.807) is 12.3 Å². The first kappa shape index (κ1) is 15.8. The maximum absolute atomic E-state index is 8.91. The van der Waals surface area contributed by atoms with E-state index >= 15 is 0 Å². The van der Waals surface area contributed by atoms with Crippen LogP contribution in [0.3, 0.4) is 0 Å². The molecule has 1 saturated heterocycles. The lowest BCUT2D eigenvalue weighted by atomic mass is 10.1. The van der Waals surface area contributed by atoms with E-state index in [9.17, 15) is 0 Å². The minimum absolute atomic E-state index is 0.387. The number of nitrogens with zero attached hydrogens (tertiary/aromatic N) is 6. The quantitative estimate of drug-likeness (QED) is 0.862. The normalized spacial score (nSPS) is 18.9. The Labute approximate surface area is 140 Å². The van der Waals surface area contributed by atoms with E-state index in [0.717, 1.165) is 32.0 Å². The zero-order chi connectivity index (χ0) is 16.4. The van der Waals surface area contributed by atoms with Gasteiger partial charge in [0.25, 0.3) is 0 Å². The van der Waals surface area contributed by atoms with Gasteiger partial charge in [-0.15, -0.1) is 0 Å². The topological polar surface area (TPSA) is 61.0 Å². The van der Waals surface area contributed by atoms with E-state index in [2.05, 4.69) is 39.1 Å². The molecule has 23 heavy (non-hydrogen) atoms. The van der Waals surface area contributed by atoms with Crippen molar-refractivity contribution in [3.05, 3.63) is 40.8 Å². The van der Waals surface area contributed by atoms with Gasteiger partial charge in [0.2, 0.25) is 0 Å². The van der Waals surface area contributed by atoms with Crippen LogP contribution in [0.25, 0.3) is 0 Å². The van der Waals surface area contributed by atoms with Crippen LogP contribution < -0.4 is 4.90 Å². The molecule has 1 aliphatic heterocycles. The van der Waals surface area contributed by atoms with Crippen LogP contribution in [0.15, 0.2) is 24.7 Å². The molecule has 120 valence electrons. The van der Waals surface area contributed by atoms with Crippen molar-refractivity contribution in [3.8, 4) is 6.07 Å². The molecule has 0 aromatic carbocycles. The maximum Gasteiger partial charge on any atom is 0.147 e. The molecule has 1 unspecified atom stereocenters. The molecule has 0 saturated carbocycles. The number of pyridine rings is 1. The van der Waals surface area contributed by atoms with Crippen molar-refractivity contribution in [2.45, 2.75) is 19.5 Å². The first-order valence-electron chi connectivity index (χ1n) is 7.59. The molecule has 0 amide bonds. The Morgan fingerprint density at radius 3 is 2.83 bits per heavy atom. The Balaban J connectivity index is 1.67. The molecular weight excluding hydrogens is 312 g/mol. The lowest BCUT2D eigenvalue weighted by Gasteiger charge is -2.40. The lowest BCUT2D eigenvalue weighted by molar-refractivity contribution is 0.180. The van der Waals surface area contributed by atoms with Crippen molar-refractivity contribution in [1.82, 2.24) is 19.7 Å². The first-order valence-corrected chi connectivity index (χ1v) is 7.97. The van der Waals surface area contributed by atoms with Crippen LogP contribution in [0.4, 0.5) is 5.82 Å². The third-order valence-corrected chi connectivity index (χ3v) is 4.44. The molecule has 2 aromatic heterocycles. The van der Waals surface area contributed by atoms with E-state index in [4.69, 9.17) is 16.9 Å². The van der Waals surface area contributed by atoms with Gasteiger partial charge in [-0.05, 0) is 13.0 Å². The highest BCUT2D eigenvalue weighted by atomic mass is 35.5. The predicted molar refractivity (Wildman–Crippen MR) is 89.3 cm³/mol. The van der Waals surface area contributed by atoms with E-state index in [1.807, 2.05) is 17.9 Å². The molecular formula is C16H19ClN6. The van der Waals surface area contributed by atoms with Crippen molar-refractivity contribution in [2.75, 3.05) is 24.5 Å². The average molecular weight is 331 g/mol. The number of aromatic nitrogens is 3. The SMILES string of the molecule is CC1CN(c2ncc(C#N)cc2Cl)CCN1Cc1cnn(C)c1. The zero-order valence-corrected chi connectivity index (χ0v) is 14.0. The van der Waals surface area contributed by atoms with Crippen molar-refractivity contribution in [2.24, 2.45) is 7.05 Å². The van der Waals surface area contributed by atoms with Crippen LogP contribution >= 0.6 is 11.6 Å². The second-order valence-corrected chi connectivity index (χ2v) is 6.34. The molecule has 3 rings (SSSR count). The molecule has 0 bridgehead atoms. The van der Waals surface area contributed by atoms with E-state index in [-0.39, 0.29) is 0 Å². The number of hydrogen-bond donors (Lipinski definition) is 0. The summed E-state index contributed by atoms with van der Waals surface area (Å²) in [6, 6.07) is 4.13. The van der Waals surface area contributed by atoms with Gasteiger partial charge < -0.3 is 4.90 Å². The summed E-state index contributed by atoms with van der Waals surface area (Å²) in [4.78, 5) is 8.98. The van der Waals surface area contributed by atoms with E-state index in [1.165, 1.54) is 5.56 Å². The number of nitriles is 1. The smallest absolute Gasteiger partial charge is 0.147 e. The van der Waals surface area contributed by atoms with Gasteiger partial charge in [-0.2, -0.15) is 10.4 Å². The van der Waals surface area contributed by atoms with Crippen LogP contribution in [0.2, 0.25) is 5.02 Å². The largest absolute Gasteiger partial charge is 0.353 e. The monoisotopic (exact) mass is 330 g/mol. The molecule has 0 N–H and O–H groups in total. The number of anilines is 1. The first-order chi connectivity index (χ1) is 11.1. The van der Waals surface area contributed by atoms with Gasteiger partial charge in [0, 0.05) is 57.2 Å². The molecule has 1 atom stereocenters. The summed E-state index contributed by atoms with van der Waals surface area (Å²) in [5, 5.41) is 13.7. The van der Waals surface area contributed by atoms with Gasteiger partial charge in [0.1, 0.15) is 11.9 Å². The van der Waals surface area contributed by atoms with Gasteiger partial charge in [0.15, 0.2) is 0 Å². The predicted octanol–water partition coefficient (Wildman–Crippen LogP) is 2.05. The Morgan fingerprint density at radius 2 is 2.22 bits per heavy atom. The lowest BCUT2D eigenvalue weighted by Crippen LogP contribution is -2.51. The Bertz CT molecular complexity index is 734. The van der Waals surface area contributed by atoms with Gasteiger partial charge >= 0.3 is 0 Å². The Morgan fingerprint density at radius 1 is 1.39 bits per heavy atom. The molecule has 6 nitrogen and oxygen atoms in total. The van der Waals surface area contributed by atoms with Gasteiger partial charge in [-0.3, -0.25) is 9.58 Å². The molecule has 7 heteroatoms. The molecule has 0 radical (unpaired) electrons. The number of aryl methyl sites for hydroxylation is 1. The fourth-order valence-corrected chi connectivity index (χ4v) is 3.22. The summed E-state index contributed by atoms with van der Waals surface area (Å²) in [5.74, 6) is 0.763. The van der Waals surface area contributed by atoms with Crippen molar-refractivity contribution in [1.29, 1.82) is 5.26 Å². The number of halogens is 1. The molecule has 3 heterocycles. The highest BCUT2D eigenvalue weighted by molar-refractivity contribution is 6.33. The van der Waals surface area contributed by atoms with E-state index < -0.39 is 0 Å². The fraction of sp³-hybridized carbons (Fsp3) is 0.438. The second-order valence-electron chi connectivity index (χ2n) is 5.93. The summed E-state index contributed by atoms with van der Waals surface area (Å²) in [6.45, 7) is 5.77. The molecule has 1 fully saturated rings. The molecule has 2 aromatic rings. The van der Waals surface area contributed by atoms with Crippen LogP contribution in [0, 0.1) is 11.3 Å². The van der Waals surface area contributed by atoms with Crippen LogP contribution in [-0.4, -0.2) is 45.3 Å². The Hall–Kier alpha value is -2.10. The summed E-state index contributed by atoms with van der Waals surface area (Å²) in [7, 11) is 1.93. The summed E-state index contributed by atoms with van der Waals surface area (Å²) >= 11 is 6.28. The fourth-order valence-electron chi connectivity index (χ4n) is 2.94. The van der Waals surface area contributed by atoms with Crippen LogP contribution in [0.5, 0.6) is 0 Å². The minimum atomic E-state index is 0.387. The number of piperazine rings is 1. The zero-order valence-electron chi connectivity index (χ0n) is 13.3. The van der Waals surface area contributed by atoms with Crippen molar-refractivity contribution < 1.29 is 0 Å². The van der Waals surface area contributed by atoms with Gasteiger partial charge in [-0.25, -0.2) is 4.98 Å². The highest BCUT2D eigenvalue weighted by Gasteiger charge is 2.26. The average Bonchev–Trinajstić information content (AvgIpc) is 2.94. The molecule has 1 aliphatic rings. The van der Waals surface area contributed by atoms with Gasteiger partial charge in [-0.1, -0.05) is 11.6 Å². The maximum atomic E-state index is 8.91. The summed E-state index contributed by atoms with van der Waals surface area (Å²) in [5.41, 5.74) is 1.71. The third kappa shape index (κ3) is 3.46. The van der Waals surface area contributed by atoms with E-state index in [0.29, 0.717) is 16.6 Å². The number of rotatable bonds is 3. The van der Waals surface area contributed by atoms with Crippen molar-refractivity contribution in [3.63, 3.8) is 0 Å². The summed E-state index contributed by atoms with van der Waals surface area (Å²) < 4.78 is 1.83. The molecule has 0 aliphatic carbocycles. The standard InChI is InChI=1S/C16H19ClN6/c1-12-9-23(16-15(17)5-13(6-18)7-19-16)4-3-22(12)11-14-8-20-21(2)10-14/h5,7-8,10,12H,3-4,9,11H2,1-2H3. The van der Waals surface area contributed by atoms with Crippen molar-refractivity contribution >= 4 is 17.4 Å². The molecule has 0 spiro atoms. The third-order valence-electron chi connectivity index (χ3n) is 4.16. The second kappa shape index (κ2) is 6.57. The summed E-state index contributed by atoms with van der Waals surface area (Å²) in [6.07, 6.45) is 5.55.